The molecule has 0 atom stereocenters. The number of halogens is 2. The summed E-state index contributed by atoms with van der Waals surface area (Å²) in [6.07, 6.45) is 4.00. The van der Waals surface area contributed by atoms with Crippen molar-refractivity contribution in [2.75, 3.05) is 11.4 Å². The summed E-state index contributed by atoms with van der Waals surface area (Å²) in [5.41, 5.74) is 6.47. The van der Waals surface area contributed by atoms with Crippen molar-refractivity contribution in [3.63, 3.8) is 0 Å². The molecular formula is C20H24F2N2O. The van der Waals surface area contributed by atoms with Crippen molar-refractivity contribution in [3.05, 3.63) is 65.7 Å². The molecule has 0 fully saturated rings. The number of hydrogen-bond donors (Lipinski definition) is 1. The van der Waals surface area contributed by atoms with Crippen LogP contribution in [0.15, 0.2) is 48.5 Å². The second kappa shape index (κ2) is 9.89. The van der Waals surface area contributed by atoms with Gasteiger partial charge in [-0.2, -0.15) is 0 Å². The Morgan fingerprint density at radius 2 is 1.60 bits per heavy atom. The quantitative estimate of drug-likeness (QED) is 0.684. The molecule has 0 saturated carbocycles. The zero-order valence-corrected chi connectivity index (χ0v) is 14.3. The lowest BCUT2D eigenvalue weighted by Crippen LogP contribution is -2.30. The maximum Gasteiger partial charge on any atom is 0.227 e. The zero-order valence-electron chi connectivity index (χ0n) is 14.3. The molecular weight excluding hydrogens is 322 g/mol. The fourth-order valence-electron chi connectivity index (χ4n) is 2.65. The van der Waals surface area contributed by atoms with E-state index in [4.69, 9.17) is 5.73 Å². The second-order valence-corrected chi connectivity index (χ2v) is 6.00. The van der Waals surface area contributed by atoms with Gasteiger partial charge in [0.05, 0.1) is 6.54 Å². The molecule has 0 unspecified atom stereocenters. The van der Waals surface area contributed by atoms with Crippen LogP contribution in [-0.4, -0.2) is 12.5 Å². The highest BCUT2D eigenvalue weighted by Gasteiger charge is 2.17. The number of benzene rings is 2. The number of hydrogen-bond acceptors (Lipinski definition) is 2. The van der Waals surface area contributed by atoms with Crippen LogP contribution < -0.4 is 10.6 Å². The molecule has 2 N–H and O–H groups in total. The van der Waals surface area contributed by atoms with Gasteiger partial charge in [-0.25, -0.2) is 8.78 Å². The van der Waals surface area contributed by atoms with E-state index in [0.29, 0.717) is 24.2 Å². The lowest BCUT2D eigenvalue weighted by Gasteiger charge is -2.23. The number of rotatable bonds is 9. The lowest BCUT2D eigenvalue weighted by molar-refractivity contribution is -0.118. The van der Waals surface area contributed by atoms with Crippen LogP contribution in [0.1, 0.15) is 37.7 Å². The first-order chi connectivity index (χ1) is 12.1. The van der Waals surface area contributed by atoms with Crippen molar-refractivity contribution in [1.29, 1.82) is 0 Å². The van der Waals surface area contributed by atoms with Crippen molar-refractivity contribution in [2.24, 2.45) is 5.73 Å². The smallest absolute Gasteiger partial charge is 0.227 e. The number of amides is 1. The summed E-state index contributed by atoms with van der Waals surface area (Å²) in [7, 11) is 0. The highest BCUT2D eigenvalue weighted by molar-refractivity contribution is 5.93. The number of anilines is 1. The van der Waals surface area contributed by atoms with Gasteiger partial charge in [-0.05, 0) is 49.7 Å². The Balaban J connectivity index is 2.10. The Morgan fingerprint density at radius 3 is 2.28 bits per heavy atom. The van der Waals surface area contributed by atoms with Gasteiger partial charge in [-0.3, -0.25) is 4.79 Å². The lowest BCUT2D eigenvalue weighted by atomic mass is 10.1. The van der Waals surface area contributed by atoms with Gasteiger partial charge in [0.2, 0.25) is 5.91 Å². The topological polar surface area (TPSA) is 46.3 Å². The van der Waals surface area contributed by atoms with E-state index in [1.807, 2.05) is 0 Å². The molecule has 3 nitrogen and oxygen atoms in total. The third kappa shape index (κ3) is 5.94. The van der Waals surface area contributed by atoms with Gasteiger partial charge >= 0.3 is 0 Å². The Morgan fingerprint density at radius 1 is 0.920 bits per heavy atom. The van der Waals surface area contributed by atoms with Gasteiger partial charge in [0.1, 0.15) is 11.6 Å². The third-order valence-electron chi connectivity index (χ3n) is 4.07. The first-order valence-corrected chi connectivity index (χ1v) is 8.61. The molecule has 0 aromatic heterocycles. The zero-order chi connectivity index (χ0) is 18.1. The Kier molecular flexibility index (Phi) is 7.54. The molecule has 0 bridgehead atoms. The van der Waals surface area contributed by atoms with Crippen LogP contribution in [0.5, 0.6) is 0 Å². The Bertz CT molecular complexity index is 674. The maximum atomic E-state index is 14.0. The number of carbonyl (C=O) groups is 1. The molecule has 0 aliphatic carbocycles. The molecule has 0 radical (unpaired) electrons. The van der Waals surface area contributed by atoms with E-state index in [9.17, 15) is 13.6 Å². The molecule has 0 aliphatic rings. The van der Waals surface area contributed by atoms with Crippen molar-refractivity contribution < 1.29 is 13.6 Å². The molecule has 0 aliphatic heterocycles. The average molecular weight is 346 g/mol. The van der Waals surface area contributed by atoms with Gasteiger partial charge in [0.15, 0.2) is 0 Å². The third-order valence-corrected chi connectivity index (χ3v) is 4.07. The van der Waals surface area contributed by atoms with Crippen LogP contribution in [0.25, 0.3) is 0 Å². The van der Waals surface area contributed by atoms with Crippen LogP contribution in [0, 0.1) is 11.6 Å². The van der Waals surface area contributed by atoms with Crippen molar-refractivity contribution in [2.45, 2.75) is 38.6 Å². The molecule has 2 aromatic carbocycles. The van der Waals surface area contributed by atoms with E-state index in [-0.39, 0.29) is 24.1 Å². The molecule has 2 rings (SSSR count). The highest BCUT2D eigenvalue weighted by atomic mass is 19.1. The van der Waals surface area contributed by atoms with Gasteiger partial charge in [0, 0.05) is 17.7 Å². The van der Waals surface area contributed by atoms with Gasteiger partial charge < -0.3 is 10.6 Å². The van der Waals surface area contributed by atoms with E-state index >= 15 is 0 Å². The van der Waals surface area contributed by atoms with Crippen LogP contribution >= 0.6 is 0 Å². The minimum Gasteiger partial charge on any atom is -0.330 e. The molecule has 0 heterocycles. The largest absolute Gasteiger partial charge is 0.330 e. The van der Waals surface area contributed by atoms with Crippen molar-refractivity contribution in [3.8, 4) is 0 Å². The Hall–Kier alpha value is -2.27. The first-order valence-electron chi connectivity index (χ1n) is 8.61. The molecule has 25 heavy (non-hydrogen) atoms. The summed E-state index contributed by atoms with van der Waals surface area (Å²) in [5.74, 6) is -0.822. The molecule has 1 amide bonds. The standard InChI is InChI=1S/C20H24F2N2O/c21-17-10-12-18(13-11-17)24(15-16-7-4-5-8-19(16)22)20(25)9-3-1-2-6-14-23/h4-5,7-8,10-13H,1-3,6,9,14-15,23H2. The molecule has 134 valence electrons. The second-order valence-electron chi connectivity index (χ2n) is 6.00. The predicted molar refractivity (Wildman–Crippen MR) is 96.1 cm³/mol. The summed E-state index contributed by atoms with van der Waals surface area (Å²) in [6, 6.07) is 12.1. The van der Waals surface area contributed by atoms with E-state index in [1.165, 1.54) is 23.1 Å². The highest BCUT2D eigenvalue weighted by Crippen LogP contribution is 2.21. The Labute approximate surface area is 147 Å². The molecule has 5 heteroatoms. The van der Waals surface area contributed by atoms with Crippen LogP contribution in [0.2, 0.25) is 0 Å². The first kappa shape index (κ1) is 19.1. The number of nitrogens with two attached hydrogens (primary N) is 1. The van der Waals surface area contributed by atoms with E-state index in [2.05, 4.69) is 0 Å². The van der Waals surface area contributed by atoms with Crippen LogP contribution in [0.4, 0.5) is 14.5 Å². The SMILES string of the molecule is NCCCCCCC(=O)N(Cc1ccccc1F)c1ccc(F)cc1. The predicted octanol–water partition coefficient (Wildman–Crippen LogP) is 4.41. The summed E-state index contributed by atoms with van der Waals surface area (Å²) < 4.78 is 27.2. The van der Waals surface area contributed by atoms with Gasteiger partial charge in [-0.1, -0.05) is 31.0 Å². The monoisotopic (exact) mass is 346 g/mol. The van der Waals surface area contributed by atoms with Gasteiger partial charge in [-0.15, -0.1) is 0 Å². The number of unbranched alkanes of at least 4 members (excludes halogenated alkanes) is 3. The van der Waals surface area contributed by atoms with E-state index in [1.54, 1.807) is 30.3 Å². The normalized spacial score (nSPS) is 10.7. The average Bonchev–Trinajstić information content (AvgIpc) is 2.61. The fraction of sp³-hybridized carbons (Fsp3) is 0.350. The summed E-state index contributed by atoms with van der Waals surface area (Å²) in [4.78, 5) is 14.2. The van der Waals surface area contributed by atoms with E-state index < -0.39 is 0 Å². The van der Waals surface area contributed by atoms with Crippen LogP contribution in [0.3, 0.4) is 0 Å². The summed E-state index contributed by atoms with van der Waals surface area (Å²) in [6.45, 7) is 0.781. The minimum absolute atomic E-state index is 0.0948. The molecule has 0 spiro atoms. The summed E-state index contributed by atoms with van der Waals surface area (Å²) in [5, 5.41) is 0. The maximum absolute atomic E-state index is 14.0. The van der Waals surface area contributed by atoms with Gasteiger partial charge in [0.25, 0.3) is 0 Å². The molecule has 0 saturated heterocycles. The van der Waals surface area contributed by atoms with Crippen molar-refractivity contribution in [1.82, 2.24) is 0 Å². The summed E-state index contributed by atoms with van der Waals surface area (Å²) >= 11 is 0. The van der Waals surface area contributed by atoms with Crippen molar-refractivity contribution >= 4 is 11.6 Å². The number of carbonyl (C=O) groups excluding carboxylic acids is 1. The minimum atomic E-state index is -0.371. The molecule has 2 aromatic rings. The van der Waals surface area contributed by atoms with Crippen LogP contribution in [-0.2, 0) is 11.3 Å². The number of nitrogens with zero attached hydrogens (tertiary/aromatic N) is 1. The van der Waals surface area contributed by atoms with E-state index in [0.717, 1.165) is 25.7 Å². The fourth-order valence-corrected chi connectivity index (χ4v) is 2.65.